The molecular formula is C49H56N10O5. The molecule has 4 atom stereocenters. The fraction of sp³-hybridized carbons (Fsp3) is 0.347. The van der Waals surface area contributed by atoms with Gasteiger partial charge in [-0.05, 0) is 80.8 Å². The highest BCUT2D eigenvalue weighted by atomic mass is 16.2. The number of hydrogen-bond acceptors (Lipinski definition) is 10. The van der Waals surface area contributed by atoms with Crippen molar-refractivity contribution in [1.82, 2.24) is 35.8 Å². The molecule has 332 valence electrons. The topological polar surface area (TPSA) is 182 Å². The molecule has 2 aromatic heterocycles. The van der Waals surface area contributed by atoms with Gasteiger partial charge in [-0.3, -0.25) is 39.3 Å². The Hall–Kier alpha value is -7.00. The third-order valence-corrected chi connectivity index (χ3v) is 11.8. The Labute approximate surface area is 374 Å². The number of carbonyl (C=O) groups excluding carboxylic acids is 5. The van der Waals surface area contributed by atoms with Crippen LogP contribution in [0.1, 0.15) is 78.0 Å². The van der Waals surface area contributed by atoms with Crippen molar-refractivity contribution >= 4 is 52.7 Å². The van der Waals surface area contributed by atoms with Gasteiger partial charge < -0.3 is 20.9 Å². The van der Waals surface area contributed by atoms with Crippen molar-refractivity contribution < 1.29 is 24.0 Å². The van der Waals surface area contributed by atoms with E-state index >= 15 is 0 Å². The highest BCUT2D eigenvalue weighted by Gasteiger charge is 2.39. The molecule has 7 rings (SSSR count). The van der Waals surface area contributed by atoms with E-state index in [1.807, 2.05) is 107 Å². The summed E-state index contributed by atoms with van der Waals surface area (Å²) in [6, 6.07) is 25.1. The zero-order valence-electron chi connectivity index (χ0n) is 37.2. The first-order chi connectivity index (χ1) is 30.8. The van der Waals surface area contributed by atoms with Crippen LogP contribution in [-0.2, 0) is 27.3 Å². The first-order valence-electron chi connectivity index (χ1n) is 21.8. The number of aryl methyl sites for hydroxylation is 2. The Morgan fingerprint density at radius 3 is 2.30 bits per heavy atom. The van der Waals surface area contributed by atoms with Crippen molar-refractivity contribution in [2.45, 2.75) is 84.6 Å². The zero-order chi connectivity index (χ0) is 45.5. The Bertz CT molecular complexity index is 2480. The van der Waals surface area contributed by atoms with E-state index in [9.17, 15) is 24.0 Å². The van der Waals surface area contributed by atoms with E-state index in [1.165, 1.54) is 4.90 Å². The van der Waals surface area contributed by atoms with Crippen LogP contribution in [0.25, 0.3) is 0 Å². The molecule has 1 saturated heterocycles. The number of rotatable bonds is 16. The van der Waals surface area contributed by atoms with Crippen molar-refractivity contribution in [3.05, 3.63) is 137 Å². The van der Waals surface area contributed by atoms with E-state index in [0.29, 0.717) is 42.4 Å². The summed E-state index contributed by atoms with van der Waals surface area (Å²) in [5.41, 5.74) is 5.87. The number of fused-ring (bicyclic) bond motifs is 1. The number of ketones is 1. The van der Waals surface area contributed by atoms with Crippen LogP contribution >= 0.6 is 0 Å². The highest BCUT2D eigenvalue weighted by Crippen LogP contribution is 2.33. The van der Waals surface area contributed by atoms with Gasteiger partial charge in [-0.15, -0.1) is 0 Å². The summed E-state index contributed by atoms with van der Waals surface area (Å²) in [7, 11) is 1.65. The number of carbonyl (C=O) groups is 5. The van der Waals surface area contributed by atoms with Crippen LogP contribution in [-0.4, -0.2) is 87.7 Å². The number of amides is 5. The molecule has 3 aromatic carbocycles. The van der Waals surface area contributed by atoms with Gasteiger partial charge in [0.05, 0.1) is 37.1 Å². The van der Waals surface area contributed by atoms with Gasteiger partial charge >= 0.3 is 6.03 Å². The van der Waals surface area contributed by atoms with E-state index in [4.69, 9.17) is 0 Å². The average molecular weight is 865 g/mol. The quantitative estimate of drug-likeness (QED) is 0.0834. The van der Waals surface area contributed by atoms with Gasteiger partial charge in [-0.1, -0.05) is 86.6 Å². The second-order valence-corrected chi connectivity index (χ2v) is 16.9. The van der Waals surface area contributed by atoms with Gasteiger partial charge in [0.15, 0.2) is 5.78 Å². The van der Waals surface area contributed by atoms with Crippen LogP contribution < -0.4 is 31.1 Å². The number of benzene rings is 3. The maximum atomic E-state index is 14.5. The van der Waals surface area contributed by atoms with Crippen LogP contribution in [0.2, 0.25) is 0 Å². The number of hydrogen-bond donors (Lipinski definition) is 4. The normalized spacial score (nSPS) is 16.2. The van der Waals surface area contributed by atoms with Crippen LogP contribution in [0.3, 0.4) is 0 Å². The number of urea groups is 1. The molecule has 0 unspecified atom stereocenters. The summed E-state index contributed by atoms with van der Waals surface area (Å²) in [4.78, 5) is 87.9. The van der Waals surface area contributed by atoms with E-state index in [0.717, 1.165) is 33.6 Å². The summed E-state index contributed by atoms with van der Waals surface area (Å²) in [5, 5.41) is 12.4. The second kappa shape index (κ2) is 20.0. The lowest BCUT2D eigenvalue weighted by Gasteiger charge is -2.35. The molecule has 5 amide bonds. The van der Waals surface area contributed by atoms with Gasteiger partial charge in [0, 0.05) is 42.3 Å². The van der Waals surface area contributed by atoms with Crippen molar-refractivity contribution in [2.24, 2.45) is 5.92 Å². The SMILES string of the molecule is Cc1ccc(Nc2ncc3c(n2)N(C)C(=O)N(c2cc(C(=O)CN[C@@H](Cc4ccccc4)C(=O)N4CCC[C@@H]4C(=O)N[C@H](C(=O)N[C@H](C)c4ccccc4)C(C)C)ccc2C)C3)cn1. The molecule has 0 bridgehead atoms. The fourth-order valence-corrected chi connectivity index (χ4v) is 8.13. The van der Waals surface area contributed by atoms with Crippen LogP contribution in [0.15, 0.2) is 103 Å². The molecule has 1 fully saturated rings. The number of nitrogens with one attached hydrogen (secondary N) is 4. The molecule has 0 spiro atoms. The molecule has 15 heteroatoms. The van der Waals surface area contributed by atoms with E-state index in [2.05, 4.69) is 36.2 Å². The van der Waals surface area contributed by atoms with Crippen molar-refractivity contribution in [3.63, 3.8) is 0 Å². The summed E-state index contributed by atoms with van der Waals surface area (Å²) >= 11 is 0. The van der Waals surface area contributed by atoms with Crippen LogP contribution in [0.5, 0.6) is 0 Å². The molecule has 64 heavy (non-hydrogen) atoms. The largest absolute Gasteiger partial charge is 0.348 e. The molecule has 0 radical (unpaired) electrons. The minimum absolute atomic E-state index is 0.178. The molecule has 4 heterocycles. The maximum Gasteiger partial charge on any atom is 0.330 e. The lowest BCUT2D eigenvalue weighted by Crippen LogP contribution is -2.57. The zero-order valence-corrected chi connectivity index (χ0v) is 37.2. The standard InChI is InChI=1S/C49H56N10O5/c1-30(2)43(46(62)53-33(5)35-16-11-8-12-17-35)55-45(61)40-18-13-23-58(40)47(63)39(24-34-14-9-7-10-15-34)51-28-42(60)36-21-19-31(3)41(25-36)59-29-37-26-52-48(56-44(37)57(6)49(59)64)54-38-22-20-32(4)50-27-38/h7-12,14-17,19-22,25-27,30,33,39-40,43,51H,13,18,23-24,28-29H2,1-6H3,(H,53,62)(H,55,61)(H,52,54,56)/t33-,39+,40-,43+/m1/s1. The maximum absolute atomic E-state index is 14.5. The number of nitrogens with zero attached hydrogens (tertiary/aromatic N) is 6. The minimum Gasteiger partial charge on any atom is -0.348 e. The summed E-state index contributed by atoms with van der Waals surface area (Å²) < 4.78 is 0. The summed E-state index contributed by atoms with van der Waals surface area (Å²) in [5.74, 6) is -0.687. The van der Waals surface area contributed by atoms with E-state index in [1.54, 1.807) is 47.4 Å². The third kappa shape index (κ3) is 10.4. The summed E-state index contributed by atoms with van der Waals surface area (Å²) in [6.07, 6.45) is 4.70. The van der Waals surface area contributed by atoms with Crippen LogP contribution in [0.4, 0.5) is 27.9 Å². The Kier molecular flexibility index (Phi) is 14.1. The number of pyridine rings is 1. The van der Waals surface area contributed by atoms with Crippen molar-refractivity contribution in [1.29, 1.82) is 0 Å². The second-order valence-electron chi connectivity index (χ2n) is 16.9. The summed E-state index contributed by atoms with van der Waals surface area (Å²) in [6.45, 7) is 9.79. The molecule has 5 aromatic rings. The van der Waals surface area contributed by atoms with Crippen molar-refractivity contribution in [2.75, 3.05) is 35.3 Å². The Balaban J connectivity index is 1.04. The Morgan fingerprint density at radius 1 is 0.859 bits per heavy atom. The van der Waals surface area contributed by atoms with Gasteiger partial charge in [0.2, 0.25) is 23.7 Å². The predicted molar refractivity (Wildman–Crippen MR) is 246 cm³/mol. The number of Topliss-reactive ketones (excluding diaryl/α,β-unsaturated/α-hetero) is 1. The lowest BCUT2D eigenvalue weighted by atomic mass is 10.0. The van der Waals surface area contributed by atoms with Crippen LogP contribution in [0, 0.1) is 19.8 Å². The third-order valence-electron chi connectivity index (χ3n) is 11.8. The predicted octanol–water partition coefficient (Wildman–Crippen LogP) is 6.20. The molecule has 2 aliphatic rings. The van der Waals surface area contributed by atoms with Gasteiger partial charge in [-0.25, -0.2) is 9.78 Å². The molecular weight excluding hydrogens is 809 g/mol. The lowest BCUT2D eigenvalue weighted by molar-refractivity contribution is -0.141. The number of aromatic nitrogens is 3. The molecule has 4 N–H and O–H groups in total. The van der Waals surface area contributed by atoms with E-state index < -0.39 is 24.0 Å². The number of anilines is 4. The fourth-order valence-electron chi connectivity index (χ4n) is 8.13. The van der Waals surface area contributed by atoms with Gasteiger partial charge in [0.1, 0.15) is 17.9 Å². The molecule has 0 aliphatic carbocycles. The first-order valence-corrected chi connectivity index (χ1v) is 21.8. The molecule has 2 aliphatic heterocycles. The molecule has 15 nitrogen and oxygen atoms in total. The Morgan fingerprint density at radius 2 is 1.59 bits per heavy atom. The smallest absolute Gasteiger partial charge is 0.330 e. The number of likely N-dealkylation sites (tertiary alicyclic amines) is 1. The molecule has 0 saturated carbocycles. The van der Waals surface area contributed by atoms with Crippen molar-refractivity contribution in [3.8, 4) is 0 Å². The van der Waals surface area contributed by atoms with E-state index in [-0.39, 0.29) is 55.1 Å². The minimum atomic E-state index is -0.837. The average Bonchev–Trinajstić information content (AvgIpc) is 3.80. The highest BCUT2D eigenvalue weighted by molar-refractivity contribution is 6.07. The first kappa shape index (κ1) is 45.0. The van der Waals surface area contributed by atoms with Gasteiger partial charge in [0.25, 0.3) is 0 Å². The monoisotopic (exact) mass is 864 g/mol. The van der Waals surface area contributed by atoms with Gasteiger partial charge in [-0.2, -0.15) is 4.98 Å².